The highest BCUT2D eigenvalue weighted by atomic mass is 79.9. The van der Waals surface area contributed by atoms with Crippen LogP contribution in [0.3, 0.4) is 0 Å². The maximum atomic E-state index is 5.58. The number of ether oxygens (including phenoxy) is 1. The number of benzene rings is 1. The molecule has 0 radical (unpaired) electrons. The molecule has 0 heterocycles. The average Bonchev–Trinajstić information content (AvgIpc) is 2.10. The van der Waals surface area contributed by atoms with Crippen molar-refractivity contribution >= 4 is 15.9 Å². The Labute approximate surface area is 87.2 Å². The molecule has 0 spiro atoms. The smallest absolute Gasteiger partial charge is 0.0954 e. The van der Waals surface area contributed by atoms with Gasteiger partial charge < -0.3 is 10.5 Å². The molecule has 0 aliphatic heterocycles. The summed E-state index contributed by atoms with van der Waals surface area (Å²) in [7, 11) is 1.67. The Morgan fingerprint density at radius 2 is 2.23 bits per heavy atom. The Morgan fingerprint density at radius 1 is 1.54 bits per heavy atom. The van der Waals surface area contributed by atoms with Crippen LogP contribution in [0.1, 0.15) is 17.2 Å². The minimum Gasteiger partial charge on any atom is -0.375 e. The average molecular weight is 244 g/mol. The predicted molar refractivity (Wildman–Crippen MR) is 57.7 cm³/mol. The van der Waals surface area contributed by atoms with Crippen molar-refractivity contribution in [2.45, 2.75) is 13.0 Å². The van der Waals surface area contributed by atoms with Gasteiger partial charge in [-0.25, -0.2) is 0 Å². The van der Waals surface area contributed by atoms with Crippen molar-refractivity contribution in [1.29, 1.82) is 0 Å². The van der Waals surface area contributed by atoms with Gasteiger partial charge in [-0.3, -0.25) is 0 Å². The van der Waals surface area contributed by atoms with E-state index in [2.05, 4.69) is 35.0 Å². The fraction of sp³-hybridized carbons (Fsp3) is 0.400. The number of rotatable bonds is 3. The van der Waals surface area contributed by atoms with Crippen molar-refractivity contribution in [3.8, 4) is 0 Å². The van der Waals surface area contributed by atoms with E-state index in [1.165, 1.54) is 5.56 Å². The van der Waals surface area contributed by atoms with Crippen LogP contribution in [0.25, 0.3) is 0 Å². The van der Waals surface area contributed by atoms with Crippen molar-refractivity contribution in [3.05, 3.63) is 33.8 Å². The molecule has 3 heteroatoms. The number of halogens is 1. The first-order valence-electron chi connectivity index (χ1n) is 4.18. The molecule has 0 aromatic heterocycles. The summed E-state index contributed by atoms with van der Waals surface area (Å²) in [5, 5.41) is 0. The molecule has 0 saturated carbocycles. The fourth-order valence-corrected chi connectivity index (χ4v) is 1.99. The van der Waals surface area contributed by atoms with E-state index in [1.54, 1.807) is 7.11 Å². The van der Waals surface area contributed by atoms with Crippen LogP contribution >= 0.6 is 15.9 Å². The first-order chi connectivity index (χ1) is 6.19. The molecule has 1 aromatic rings. The summed E-state index contributed by atoms with van der Waals surface area (Å²) in [6.45, 7) is 2.55. The van der Waals surface area contributed by atoms with Crippen molar-refractivity contribution in [3.63, 3.8) is 0 Å². The predicted octanol–water partition coefficient (Wildman–Crippen LogP) is 2.40. The van der Waals surface area contributed by atoms with Gasteiger partial charge in [0, 0.05) is 18.1 Å². The van der Waals surface area contributed by atoms with Gasteiger partial charge in [0.2, 0.25) is 0 Å². The van der Waals surface area contributed by atoms with Gasteiger partial charge in [-0.15, -0.1) is 0 Å². The third-order valence-electron chi connectivity index (χ3n) is 2.00. The zero-order valence-electron chi connectivity index (χ0n) is 7.88. The van der Waals surface area contributed by atoms with Gasteiger partial charge in [0.05, 0.1) is 6.10 Å². The van der Waals surface area contributed by atoms with Crippen molar-refractivity contribution in [2.24, 2.45) is 5.73 Å². The minimum absolute atomic E-state index is 0.0185. The quantitative estimate of drug-likeness (QED) is 0.886. The number of methoxy groups -OCH3 is 1. The number of hydrogen-bond acceptors (Lipinski definition) is 2. The second kappa shape index (κ2) is 4.74. The highest BCUT2D eigenvalue weighted by Crippen LogP contribution is 2.25. The van der Waals surface area contributed by atoms with Gasteiger partial charge in [0.15, 0.2) is 0 Å². The molecule has 0 amide bonds. The van der Waals surface area contributed by atoms with Crippen molar-refractivity contribution in [2.75, 3.05) is 13.7 Å². The highest BCUT2D eigenvalue weighted by Gasteiger charge is 2.11. The minimum atomic E-state index is -0.0185. The molecule has 2 nitrogen and oxygen atoms in total. The summed E-state index contributed by atoms with van der Waals surface area (Å²) in [5.41, 5.74) is 7.91. The first-order valence-corrected chi connectivity index (χ1v) is 4.97. The van der Waals surface area contributed by atoms with Crippen LogP contribution < -0.4 is 5.73 Å². The van der Waals surface area contributed by atoms with Crippen LogP contribution in [0.4, 0.5) is 0 Å². The van der Waals surface area contributed by atoms with E-state index in [1.807, 2.05) is 6.07 Å². The Kier molecular flexibility index (Phi) is 3.90. The summed E-state index contributed by atoms with van der Waals surface area (Å²) >= 11 is 3.49. The molecule has 0 aliphatic rings. The monoisotopic (exact) mass is 243 g/mol. The van der Waals surface area contributed by atoms with Crippen molar-refractivity contribution < 1.29 is 4.74 Å². The molecule has 0 fully saturated rings. The van der Waals surface area contributed by atoms with E-state index < -0.39 is 0 Å². The molecule has 1 aromatic carbocycles. The lowest BCUT2D eigenvalue weighted by Gasteiger charge is -2.15. The maximum absolute atomic E-state index is 5.58. The molecular formula is C10H14BrNO. The molecular weight excluding hydrogens is 230 g/mol. The maximum Gasteiger partial charge on any atom is 0.0954 e. The van der Waals surface area contributed by atoms with Gasteiger partial charge >= 0.3 is 0 Å². The lowest BCUT2D eigenvalue weighted by molar-refractivity contribution is 0.110. The van der Waals surface area contributed by atoms with Crippen LogP contribution in [0.2, 0.25) is 0 Å². The molecule has 1 atom stereocenters. The van der Waals surface area contributed by atoms with Gasteiger partial charge in [-0.05, 0) is 24.1 Å². The van der Waals surface area contributed by atoms with E-state index >= 15 is 0 Å². The molecule has 0 saturated heterocycles. The van der Waals surface area contributed by atoms with E-state index in [0.29, 0.717) is 6.54 Å². The Balaban J connectivity index is 2.99. The molecule has 2 N–H and O–H groups in total. The third-order valence-corrected chi connectivity index (χ3v) is 2.69. The molecule has 0 bridgehead atoms. The summed E-state index contributed by atoms with van der Waals surface area (Å²) in [5.74, 6) is 0. The summed E-state index contributed by atoms with van der Waals surface area (Å²) in [4.78, 5) is 0. The fourth-order valence-electron chi connectivity index (χ4n) is 1.24. The number of hydrogen-bond donors (Lipinski definition) is 1. The first kappa shape index (κ1) is 10.7. The molecule has 1 unspecified atom stereocenters. The molecule has 13 heavy (non-hydrogen) atoms. The largest absolute Gasteiger partial charge is 0.375 e. The summed E-state index contributed by atoms with van der Waals surface area (Å²) in [6.07, 6.45) is -0.0185. The topological polar surface area (TPSA) is 35.2 Å². The normalized spacial score (nSPS) is 12.9. The number of nitrogens with two attached hydrogens (primary N) is 1. The van der Waals surface area contributed by atoms with E-state index in [4.69, 9.17) is 10.5 Å². The highest BCUT2D eigenvalue weighted by molar-refractivity contribution is 9.10. The van der Waals surface area contributed by atoms with Crippen LogP contribution in [0, 0.1) is 6.92 Å². The lowest BCUT2D eigenvalue weighted by Crippen LogP contribution is -2.14. The molecule has 0 aliphatic carbocycles. The zero-order chi connectivity index (χ0) is 9.84. The Bertz CT molecular complexity index is 284. The van der Waals surface area contributed by atoms with Crippen LogP contribution in [-0.2, 0) is 4.74 Å². The van der Waals surface area contributed by atoms with Crippen LogP contribution in [-0.4, -0.2) is 13.7 Å². The van der Waals surface area contributed by atoms with E-state index in [-0.39, 0.29) is 6.10 Å². The zero-order valence-corrected chi connectivity index (χ0v) is 9.47. The lowest BCUT2D eigenvalue weighted by atomic mass is 10.1. The van der Waals surface area contributed by atoms with Gasteiger partial charge in [0.1, 0.15) is 0 Å². The second-order valence-electron chi connectivity index (χ2n) is 2.99. The molecule has 72 valence electrons. The van der Waals surface area contributed by atoms with Gasteiger partial charge in [0.25, 0.3) is 0 Å². The van der Waals surface area contributed by atoms with Gasteiger partial charge in [-0.1, -0.05) is 28.1 Å². The van der Waals surface area contributed by atoms with Gasteiger partial charge in [-0.2, -0.15) is 0 Å². The van der Waals surface area contributed by atoms with E-state index in [0.717, 1.165) is 10.0 Å². The second-order valence-corrected chi connectivity index (χ2v) is 3.84. The Hall–Kier alpha value is -0.380. The summed E-state index contributed by atoms with van der Waals surface area (Å²) in [6, 6.07) is 6.17. The van der Waals surface area contributed by atoms with Crippen LogP contribution in [0.5, 0.6) is 0 Å². The molecule has 1 rings (SSSR count). The standard InChI is InChI=1S/C10H14BrNO/c1-7-3-4-8(9(11)5-7)10(6-12)13-2/h3-5,10H,6,12H2,1-2H3. The van der Waals surface area contributed by atoms with E-state index in [9.17, 15) is 0 Å². The SMILES string of the molecule is COC(CN)c1ccc(C)cc1Br. The number of aryl methyl sites for hydroxylation is 1. The Morgan fingerprint density at radius 3 is 2.69 bits per heavy atom. The van der Waals surface area contributed by atoms with Crippen LogP contribution in [0.15, 0.2) is 22.7 Å². The summed E-state index contributed by atoms with van der Waals surface area (Å²) < 4.78 is 6.31. The third kappa shape index (κ3) is 2.53. The van der Waals surface area contributed by atoms with Crippen molar-refractivity contribution in [1.82, 2.24) is 0 Å².